The van der Waals surface area contributed by atoms with Gasteiger partial charge in [-0.25, -0.2) is 0 Å². The Morgan fingerprint density at radius 3 is 1.43 bits per heavy atom. The summed E-state index contributed by atoms with van der Waals surface area (Å²) < 4.78 is 10.9. The van der Waals surface area contributed by atoms with Crippen LogP contribution in [0.4, 0.5) is 0 Å². The van der Waals surface area contributed by atoms with Gasteiger partial charge in [0, 0.05) is 26.3 Å². The number of rotatable bonds is 24. The molecule has 0 spiro atoms. The third-order valence-electron chi connectivity index (χ3n) is 8.03. The number of methoxy groups -OCH3 is 2. The van der Waals surface area contributed by atoms with Crippen LogP contribution < -0.4 is 9.47 Å². The molecule has 0 atom stereocenters. The number of thiophene rings is 2. The lowest BCUT2D eigenvalue weighted by Crippen LogP contribution is -1.92. The van der Waals surface area contributed by atoms with E-state index >= 15 is 0 Å². The second kappa shape index (κ2) is 25.7. The van der Waals surface area contributed by atoms with Crippen molar-refractivity contribution in [1.29, 1.82) is 0 Å². The van der Waals surface area contributed by atoms with Gasteiger partial charge >= 0.3 is 0 Å². The Kier molecular flexibility index (Phi) is 23.8. The van der Waals surface area contributed by atoms with E-state index in [1.807, 2.05) is 11.3 Å². The van der Waals surface area contributed by atoms with Gasteiger partial charge in [0.05, 0.1) is 14.2 Å². The first-order chi connectivity index (χ1) is 19.6. The molecule has 2 rings (SSSR count). The zero-order valence-electron chi connectivity index (χ0n) is 27.3. The molecule has 2 heterocycles. The molecule has 0 amide bonds. The summed E-state index contributed by atoms with van der Waals surface area (Å²) in [6.45, 7) is 8.96. The highest BCUT2D eigenvalue weighted by atomic mass is 32.1. The Hall–Kier alpha value is -1.00. The van der Waals surface area contributed by atoms with Gasteiger partial charge in [0.2, 0.25) is 0 Å². The largest absolute Gasteiger partial charge is 0.496 e. The Labute approximate surface area is 257 Å². The van der Waals surface area contributed by atoms with Crippen molar-refractivity contribution in [3.05, 3.63) is 31.6 Å². The Balaban J connectivity index is 0.000000402. The number of hydrogen-bond acceptors (Lipinski definition) is 4. The summed E-state index contributed by atoms with van der Waals surface area (Å²) in [5.41, 5.74) is 2.85. The Morgan fingerprint density at radius 1 is 0.525 bits per heavy atom. The van der Waals surface area contributed by atoms with Gasteiger partial charge in [-0.3, -0.25) is 0 Å². The van der Waals surface area contributed by atoms with Gasteiger partial charge in [-0.15, -0.1) is 22.7 Å². The molecule has 0 bridgehead atoms. The standard InChI is InChI=1S/C19H34OS.C17H30OS/c1-5-6-7-8-9-10-11-12-13-14-15-18-16(2)21-17(3)19(18)20-4;1-3-4-5-6-7-8-9-10-11-12-13-16-14-19-15-17(16)18-2/h5-15H2,1-4H3;14-15H,3-13H2,1-2H3. The van der Waals surface area contributed by atoms with Gasteiger partial charge in [-0.1, -0.05) is 129 Å². The van der Waals surface area contributed by atoms with Crippen LogP contribution in [0.2, 0.25) is 0 Å². The fraction of sp³-hybridized carbons (Fsp3) is 0.778. The maximum Gasteiger partial charge on any atom is 0.135 e. The van der Waals surface area contributed by atoms with Gasteiger partial charge < -0.3 is 9.47 Å². The molecule has 0 aromatic carbocycles. The van der Waals surface area contributed by atoms with E-state index in [1.165, 1.54) is 162 Å². The molecule has 0 fully saturated rings. The minimum absolute atomic E-state index is 1.08. The first-order valence-corrected chi connectivity index (χ1v) is 18.6. The van der Waals surface area contributed by atoms with Crippen molar-refractivity contribution in [1.82, 2.24) is 0 Å². The molecule has 40 heavy (non-hydrogen) atoms. The van der Waals surface area contributed by atoms with E-state index in [2.05, 4.69) is 38.5 Å². The highest BCUT2D eigenvalue weighted by Crippen LogP contribution is 2.35. The van der Waals surface area contributed by atoms with Crippen molar-refractivity contribution >= 4 is 22.7 Å². The maximum atomic E-state index is 5.55. The molecule has 4 heteroatoms. The zero-order valence-corrected chi connectivity index (χ0v) is 29.0. The van der Waals surface area contributed by atoms with Crippen LogP contribution in [0.15, 0.2) is 10.8 Å². The quantitative estimate of drug-likeness (QED) is 0.113. The molecular weight excluding hydrogens is 529 g/mol. The molecule has 0 saturated heterocycles. The SMILES string of the molecule is CCCCCCCCCCCCc1c(C)sc(C)c1OC.CCCCCCCCCCCCc1cscc1OC. The van der Waals surface area contributed by atoms with Crippen LogP contribution >= 0.6 is 22.7 Å². The fourth-order valence-electron chi connectivity index (χ4n) is 5.53. The third-order valence-corrected chi connectivity index (χ3v) is 9.85. The summed E-state index contributed by atoms with van der Waals surface area (Å²) in [7, 11) is 3.57. The van der Waals surface area contributed by atoms with Crippen molar-refractivity contribution in [2.75, 3.05) is 14.2 Å². The van der Waals surface area contributed by atoms with Crippen LogP contribution in [-0.2, 0) is 12.8 Å². The number of unbranched alkanes of at least 4 members (excludes halogenated alkanes) is 18. The van der Waals surface area contributed by atoms with Crippen LogP contribution in [0.1, 0.15) is 163 Å². The number of hydrogen-bond donors (Lipinski definition) is 0. The molecule has 0 unspecified atom stereocenters. The molecule has 0 aliphatic heterocycles. The summed E-state index contributed by atoms with van der Waals surface area (Å²) in [5, 5.41) is 4.33. The molecule has 0 aliphatic carbocycles. The van der Waals surface area contributed by atoms with Gasteiger partial charge in [-0.2, -0.15) is 0 Å². The van der Waals surface area contributed by atoms with E-state index in [1.54, 1.807) is 25.6 Å². The smallest absolute Gasteiger partial charge is 0.135 e. The number of aryl methyl sites for hydroxylation is 3. The second-order valence-corrected chi connectivity index (χ2v) is 13.7. The van der Waals surface area contributed by atoms with E-state index < -0.39 is 0 Å². The second-order valence-electron chi connectivity index (χ2n) is 11.6. The molecule has 0 aliphatic rings. The lowest BCUT2D eigenvalue weighted by atomic mass is 10.0. The molecule has 2 aromatic heterocycles. The lowest BCUT2D eigenvalue weighted by molar-refractivity contribution is 0.408. The third kappa shape index (κ3) is 17.1. The summed E-state index contributed by atoms with van der Waals surface area (Å²) in [6.07, 6.45) is 30.4. The van der Waals surface area contributed by atoms with Crippen LogP contribution in [-0.4, -0.2) is 14.2 Å². The predicted molar refractivity (Wildman–Crippen MR) is 182 cm³/mol. The van der Waals surface area contributed by atoms with Crippen molar-refractivity contribution in [2.24, 2.45) is 0 Å². The van der Waals surface area contributed by atoms with E-state index in [0.29, 0.717) is 0 Å². The molecular formula is C36H64O2S2. The summed E-state index contributed by atoms with van der Waals surface area (Å²) in [4.78, 5) is 2.78. The minimum atomic E-state index is 1.08. The lowest BCUT2D eigenvalue weighted by Gasteiger charge is -2.06. The van der Waals surface area contributed by atoms with Crippen molar-refractivity contribution < 1.29 is 9.47 Å². The molecule has 2 nitrogen and oxygen atoms in total. The summed E-state index contributed by atoms with van der Waals surface area (Å²) in [5.74, 6) is 2.23. The van der Waals surface area contributed by atoms with Crippen molar-refractivity contribution in [3.63, 3.8) is 0 Å². The molecule has 2 aromatic rings. The first-order valence-electron chi connectivity index (χ1n) is 16.8. The Bertz CT molecular complexity index is 823. The van der Waals surface area contributed by atoms with E-state index in [4.69, 9.17) is 9.47 Å². The molecule has 0 radical (unpaired) electrons. The van der Waals surface area contributed by atoms with Gasteiger partial charge in [-0.05, 0) is 44.9 Å². The van der Waals surface area contributed by atoms with Gasteiger partial charge in [0.15, 0.2) is 0 Å². The Morgan fingerprint density at radius 2 is 0.975 bits per heavy atom. The molecule has 0 N–H and O–H groups in total. The molecule has 232 valence electrons. The maximum absolute atomic E-state index is 5.55. The number of ether oxygens (including phenoxy) is 2. The van der Waals surface area contributed by atoms with E-state index in [-0.39, 0.29) is 0 Å². The summed E-state index contributed by atoms with van der Waals surface area (Å²) >= 11 is 3.62. The minimum Gasteiger partial charge on any atom is -0.496 e. The normalized spacial score (nSPS) is 10.9. The highest BCUT2D eigenvalue weighted by molar-refractivity contribution is 7.12. The van der Waals surface area contributed by atoms with E-state index in [0.717, 1.165) is 11.5 Å². The fourth-order valence-corrected chi connectivity index (χ4v) is 7.45. The molecule has 0 saturated carbocycles. The van der Waals surface area contributed by atoms with E-state index in [9.17, 15) is 0 Å². The first kappa shape index (κ1) is 37.0. The van der Waals surface area contributed by atoms with Crippen molar-refractivity contribution in [2.45, 2.75) is 169 Å². The van der Waals surface area contributed by atoms with Crippen LogP contribution in [0, 0.1) is 13.8 Å². The van der Waals surface area contributed by atoms with Crippen LogP contribution in [0.25, 0.3) is 0 Å². The summed E-state index contributed by atoms with van der Waals surface area (Å²) in [6, 6.07) is 0. The zero-order chi connectivity index (χ0) is 29.3. The monoisotopic (exact) mass is 592 g/mol. The van der Waals surface area contributed by atoms with Crippen LogP contribution in [0.5, 0.6) is 11.5 Å². The highest BCUT2D eigenvalue weighted by Gasteiger charge is 2.12. The average molecular weight is 593 g/mol. The predicted octanol–water partition coefficient (Wildman–Crippen LogP) is 13.1. The average Bonchev–Trinajstić information content (AvgIpc) is 3.53. The van der Waals surface area contributed by atoms with Crippen LogP contribution in [0.3, 0.4) is 0 Å². The van der Waals surface area contributed by atoms with Gasteiger partial charge in [0.1, 0.15) is 11.5 Å². The topological polar surface area (TPSA) is 18.5 Å². The van der Waals surface area contributed by atoms with Crippen molar-refractivity contribution in [3.8, 4) is 11.5 Å². The van der Waals surface area contributed by atoms with Gasteiger partial charge in [0.25, 0.3) is 0 Å².